The van der Waals surface area contributed by atoms with Crippen molar-refractivity contribution in [2.45, 2.75) is 18.8 Å². The Labute approximate surface area is 98.1 Å². The molecule has 0 radical (unpaired) electrons. The number of nitrogens with zero attached hydrogens (tertiary/aromatic N) is 1. The maximum absolute atomic E-state index is 10.6. The van der Waals surface area contributed by atoms with Crippen molar-refractivity contribution in [2.75, 3.05) is 13.1 Å². The average Bonchev–Trinajstić information content (AvgIpc) is 2.68. The molecule has 2 rings (SSSR count). The fourth-order valence-electron chi connectivity index (χ4n) is 1.64. The van der Waals surface area contributed by atoms with E-state index in [1.54, 1.807) is 5.38 Å². The molecule has 0 aliphatic carbocycles. The fourth-order valence-corrected chi connectivity index (χ4v) is 2.57. The number of halogens is 1. The van der Waals surface area contributed by atoms with Gasteiger partial charge in [-0.05, 0) is 19.4 Å². The molecule has 1 saturated heterocycles. The first-order valence-electron chi connectivity index (χ1n) is 4.67. The van der Waals surface area contributed by atoms with Crippen molar-refractivity contribution >= 4 is 29.7 Å². The van der Waals surface area contributed by atoms with E-state index in [2.05, 4.69) is 10.3 Å². The molecule has 84 valence electrons. The Balaban J connectivity index is 0.00000112. The van der Waals surface area contributed by atoms with Crippen LogP contribution in [0.25, 0.3) is 0 Å². The molecule has 2 N–H and O–H groups in total. The zero-order valence-electron chi connectivity index (χ0n) is 8.10. The van der Waals surface area contributed by atoms with Gasteiger partial charge in [-0.15, -0.1) is 23.7 Å². The minimum atomic E-state index is -0.934. The van der Waals surface area contributed by atoms with Crippen molar-refractivity contribution in [3.05, 3.63) is 16.1 Å². The van der Waals surface area contributed by atoms with E-state index in [0.29, 0.717) is 5.92 Å². The summed E-state index contributed by atoms with van der Waals surface area (Å²) >= 11 is 1.45. The quantitative estimate of drug-likeness (QED) is 0.837. The van der Waals surface area contributed by atoms with E-state index in [0.717, 1.165) is 30.9 Å². The van der Waals surface area contributed by atoms with Gasteiger partial charge >= 0.3 is 5.97 Å². The molecule has 1 aliphatic rings. The Morgan fingerprint density at radius 2 is 2.47 bits per heavy atom. The molecule has 2 heterocycles. The number of carbonyl (C=O) groups is 1. The van der Waals surface area contributed by atoms with E-state index < -0.39 is 5.97 Å². The highest BCUT2D eigenvalue weighted by molar-refractivity contribution is 7.09. The molecule has 1 aliphatic heterocycles. The summed E-state index contributed by atoms with van der Waals surface area (Å²) in [6.45, 7) is 1.99. The van der Waals surface area contributed by atoms with Gasteiger partial charge in [0.15, 0.2) is 5.69 Å². The SMILES string of the molecule is Cl.O=C(O)c1csc(C2CCCNC2)n1. The van der Waals surface area contributed by atoms with Crippen LogP contribution in [0.3, 0.4) is 0 Å². The first-order valence-corrected chi connectivity index (χ1v) is 5.55. The minimum Gasteiger partial charge on any atom is -0.476 e. The maximum atomic E-state index is 10.6. The number of hydrogen-bond acceptors (Lipinski definition) is 4. The zero-order chi connectivity index (χ0) is 9.97. The molecule has 6 heteroatoms. The lowest BCUT2D eigenvalue weighted by Gasteiger charge is -2.20. The molecule has 0 amide bonds. The number of carboxylic acids is 1. The van der Waals surface area contributed by atoms with Gasteiger partial charge in [0.2, 0.25) is 0 Å². The first kappa shape index (κ1) is 12.4. The largest absolute Gasteiger partial charge is 0.476 e. The van der Waals surface area contributed by atoms with Gasteiger partial charge in [0.25, 0.3) is 0 Å². The van der Waals surface area contributed by atoms with Gasteiger partial charge in [0, 0.05) is 17.8 Å². The molecule has 0 saturated carbocycles. The van der Waals surface area contributed by atoms with Crippen LogP contribution in [0.1, 0.15) is 34.3 Å². The Hall–Kier alpha value is -0.650. The van der Waals surface area contributed by atoms with Gasteiger partial charge in [-0.1, -0.05) is 0 Å². The van der Waals surface area contributed by atoms with E-state index in [-0.39, 0.29) is 18.1 Å². The lowest BCUT2D eigenvalue weighted by Crippen LogP contribution is -2.28. The number of nitrogens with one attached hydrogen (secondary N) is 1. The lowest BCUT2D eigenvalue weighted by atomic mass is 10.0. The monoisotopic (exact) mass is 248 g/mol. The van der Waals surface area contributed by atoms with Crippen molar-refractivity contribution < 1.29 is 9.90 Å². The lowest BCUT2D eigenvalue weighted by molar-refractivity contribution is 0.0691. The molecule has 4 nitrogen and oxygen atoms in total. The highest BCUT2D eigenvalue weighted by Crippen LogP contribution is 2.25. The summed E-state index contributed by atoms with van der Waals surface area (Å²) in [5.74, 6) is -0.530. The second kappa shape index (κ2) is 5.44. The van der Waals surface area contributed by atoms with Gasteiger partial charge in [-0.3, -0.25) is 0 Å². The minimum absolute atomic E-state index is 0. The molecular formula is C9H13ClN2O2S. The highest BCUT2D eigenvalue weighted by Gasteiger charge is 2.19. The Bertz CT molecular complexity index is 337. The molecule has 1 atom stereocenters. The molecule has 1 aromatic heterocycles. The summed E-state index contributed by atoms with van der Waals surface area (Å²) in [5, 5.41) is 14.6. The number of rotatable bonds is 2. The predicted octanol–water partition coefficient (Wildman–Crippen LogP) is 1.73. The van der Waals surface area contributed by atoms with Crippen LogP contribution >= 0.6 is 23.7 Å². The second-order valence-electron chi connectivity index (χ2n) is 3.42. The van der Waals surface area contributed by atoms with Crippen molar-refractivity contribution in [1.82, 2.24) is 10.3 Å². The van der Waals surface area contributed by atoms with Gasteiger partial charge in [-0.2, -0.15) is 0 Å². The average molecular weight is 249 g/mol. The molecule has 15 heavy (non-hydrogen) atoms. The van der Waals surface area contributed by atoms with Gasteiger partial charge in [0.05, 0.1) is 5.01 Å². The van der Waals surface area contributed by atoms with Crippen LogP contribution in [0, 0.1) is 0 Å². The predicted molar refractivity (Wildman–Crippen MR) is 61.2 cm³/mol. The molecule has 1 unspecified atom stereocenters. The van der Waals surface area contributed by atoms with Crippen molar-refractivity contribution in [3.63, 3.8) is 0 Å². The molecule has 1 aromatic rings. The van der Waals surface area contributed by atoms with Crippen LogP contribution in [0.4, 0.5) is 0 Å². The first-order chi connectivity index (χ1) is 6.77. The Morgan fingerprint density at radius 1 is 1.67 bits per heavy atom. The third-order valence-electron chi connectivity index (χ3n) is 2.39. The molecule has 0 bridgehead atoms. The maximum Gasteiger partial charge on any atom is 0.355 e. The zero-order valence-corrected chi connectivity index (χ0v) is 9.74. The molecular weight excluding hydrogens is 236 g/mol. The number of aromatic carboxylic acids is 1. The van der Waals surface area contributed by atoms with Crippen LogP contribution in [-0.4, -0.2) is 29.1 Å². The summed E-state index contributed by atoms with van der Waals surface area (Å²) in [7, 11) is 0. The van der Waals surface area contributed by atoms with E-state index >= 15 is 0 Å². The Kier molecular flexibility index (Phi) is 4.50. The van der Waals surface area contributed by atoms with Crippen LogP contribution in [0.15, 0.2) is 5.38 Å². The van der Waals surface area contributed by atoms with Crippen molar-refractivity contribution in [2.24, 2.45) is 0 Å². The van der Waals surface area contributed by atoms with Gasteiger partial charge in [-0.25, -0.2) is 9.78 Å². The molecule has 1 fully saturated rings. The van der Waals surface area contributed by atoms with Gasteiger partial charge < -0.3 is 10.4 Å². The summed E-state index contributed by atoms with van der Waals surface area (Å²) in [4.78, 5) is 14.7. The normalized spacial score (nSPS) is 20.7. The van der Waals surface area contributed by atoms with Crippen LogP contribution in [0.5, 0.6) is 0 Å². The van der Waals surface area contributed by atoms with E-state index in [4.69, 9.17) is 5.11 Å². The van der Waals surface area contributed by atoms with E-state index in [9.17, 15) is 4.79 Å². The summed E-state index contributed by atoms with van der Waals surface area (Å²) < 4.78 is 0. The summed E-state index contributed by atoms with van der Waals surface area (Å²) in [6, 6.07) is 0. The van der Waals surface area contributed by atoms with Crippen molar-refractivity contribution in [1.29, 1.82) is 0 Å². The van der Waals surface area contributed by atoms with E-state index in [1.165, 1.54) is 11.3 Å². The Morgan fingerprint density at radius 3 is 3.00 bits per heavy atom. The fraction of sp³-hybridized carbons (Fsp3) is 0.556. The standard InChI is InChI=1S/C9H12N2O2S.ClH/c12-9(13)7-5-14-8(11-7)6-2-1-3-10-4-6;/h5-6,10H,1-4H2,(H,12,13);1H. The topological polar surface area (TPSA) is 62.2 Å². The molecule has 0 spiro atoms. The van der Waals surface area contributed by atoms with Crippen LogP contribution in [-0.2, 0) is 0 Å². The van der Waals surface area contributed by atoms with Crippen molar-refractivity contribution in [3.8, 4) is 0 Å². The van der Waals surface area contributed by atoms with Crippen LogP contribution in [0.2, 0.25) is 0 Å². The third kappa shape index (κ3) is 2.90. The number of thiazole rings is 1. The smallest absolute Gasteiger partial charge is 0.355 e. The van der Waals surface area contributed by atoms with E-state index in [1.807, 2.05) is 0 Å². The number of carboxylic acid groups (broad SMARTS) is 1. The third-order valence-corrected chi connectivity index (χ3v) is 3.39. The van der Waals surface area contributed by atoms with Gasteiger partial charge in [0.1, 0.15) is 0 Å². The number of aromatic nitrogens is 1. The summed E-state index contributed by atoms with van der Waals surface area (Å²) in [5.41, 5.74) is 0.176. The van der Waals surface area contributed by atoms with Crippen LogP contribution < -0.4 is 5.32 Å². The highest BCUT2D eigenvalue weighted by atomic mass is 35.5. The number of piperidine rings is 1. The number of hydrogen-bond donors (Lipinski definition) is 2. The second-order valence-corrected chi connectivity index (χ2v) is 4.31. The molecule has 0 aromatic carbocycles. The summed E-state index contributed by atoms with van der Waals surface area (Å²) in [6.07, 6.45) is 2.26.